The van der Waals surface area contributed by atoms with Gasteiger partial charge in [-0.15, -0.1) is 0 Å². The number of amides is 1. The van der Waals surface area contributed by atoms with Crippen molar-refractivity contribution in [2.45, 2.75) is 0 Å². The molecule has 19 heavy (non-hydrogen) atoms. The third-order valence-electron chi connectivity index (χ3n) is 2.49. The number of hydrogen-bond acceptors (Lipinski definition) is 4. The number of aromatic hydroxyl groups is 2. The van der Waals surface area contributed by atoms with Gasteiger partial charge in [-0.1, -0.05) is 15.9 Å². The van der Waals surface area contributed by atoms with E-state index < -0.39 is 5.91 Å². The largest absolute Gasteiger partial charge is 0.508 e. The van der Waals surface area contributed by atoms with Crippen molar-refractivity contribution >= 4 is 33.2 Å². The summed E-state index contributed by atoms with van der Waals surface area (Å²) in [7, 11) is 0. The molecule has 2 aromatic carbocycles. The standard InChI is InChI=1S/C13H11BrN2O3/c14-7-1-4-11(10(15)5-7)16-13(19)9-3-2-8(17)6-12(9)18/h1-6,17-18H,15H2,(H,16,19). The summed E-state index contributed by atoms with van der Waals surface area (Å²) in [6, 6.07) is 8.79. The topological polar surface area (TPSA) is 95.6 Å². The van der Waals surface area contributed by atoms with Crippen molar-refractivity contribution in [3.05, 3.63) is 46.4 Å². The first-order valence-electron chi connectivity index (χ1n) is 5.36. The third kappa shape index (κ3) is 2.97. The van der Waals surface area contributed by atoms with Crippen molar-refractivity contribution in [3.63, 3.8) is 0 Å². The molecule has 0 aromatic heterocycles. The van der Waals surface area contributed by atoms with Crippen LogP contribution in [0.3, 0.4) is 0 Å². The predicted molar refractivity (Wildman–Crippen MR) is 76.3 cm³/mol. The maximum Gasteiger partial charge on any atom is 0.259 e. The fraction of sp³-hybridized carbons (Fsp3) is 0. The molecule has 0 radical (unpaired) electrons. The average molecular weight is 323 g/mol. The highest BCUT2D eigenvalue weighted by Gasteiger charge is 2.13. The van der Waals surface area contributed by atoms with E-state index in [4.69, 9.17) is 10.8 Å². The molecule has 0 heterocycles. The minimum absolute atomic E-state index is 0.0557. The summed E-state index contributed by atoms with van der Waals surface area (Å²) in [5.74, 6) is -0.920. The Hall–Kier alpha value is -2.21. The number of phenols is 2. The number of carbonyl (C=O) groups is 1. The Labute approximate surface area is 117 Å². The number of anilines is 2. The van der Waals surface area contributed by atoms with Crippen molar-refractivity contribution in [2.75, 3.05) is 11.1 Å². The molecule has 5 nitrogen and oxygen atoms in total. The average Bonchev–Trinajstić information content (AvgIpc) is 2.32. The van der Waals surface area contributed by atoms with Crippen LogP contribution in [0, 0.1) is 0 Å². The van der Waals surface area contributed by atoms with E-state index in [1.165, 1.54) is 12.1 Å². The lowest BCUT2D eigenvalue weighted by atomic mass is 10.1. The molecule has 0 bridgehead atoms. The van der Waals surface area contributed by atoms with Crippen molar-refractivity contribution in [1.82, 2.24) is 0 Å². The molecule has 2 rings (SSSR count). The summed E-state index contributed by atoms with van der Waals surface area (Å²) < 4.78 is 0.801. The number of carbonyl (C=O) groups excluding carboxylic acids is 1. The van der Waals surface area contributed by atoms with Gasteiger partial charge in [0, 0.05) is 10.5 Å². The van der Waals surface area contributed by atoms with Crippen LogP contribution in [-0.4, -0.2) is 16.1 Å². The monoisotopic (exact) mass is 322 g/mol. The molecule has 98 valence electrons. The number of benzene rings is 2. The lowest BCUT2D eigenvalue weighted by molar-refractivity contribution is 0.102. The van der Waals surface area contributed by atoms with Crippen LogP contribution in [-0.2, 0) is 0 Å². The molecule has 0 fully saturated rings. The van der Waals surface area contributed by atoms with Gasteiger partial charge < -0.3 is 21.3 Å². The molecule has 0 spiro atoms. The summed E-state index contributed by atoms with van der Waals surface area (Å²) in [4.78, 5) is 12.0. The zero-order valence-corrected chi connectivity index (χ0v) is 11.3. The van der Waals surface area contributed by atoms with Crippen LogP contribution in [0.4, 0.5) is 11.4 Å². The molecule has 0 aliphatic heterocycles. The smallest absolute Gasteiger partial charge is 0.259 e. The summed E-state index contributed by atoms with van der Waals surface area (Å²) >= 11 is 3.27. The molecule has 0 saturated carbocycles. The van der Waals surface area contributed by atoms with Crippen LogP contribution >= 0.6 is 15.9 Å². The molecule has 5 N–H and O–H groups in total. The second-order valence-electron chi connectivity index (χ2n) is 3.89. The van der Waals surface area contributed by atoms with Gasteiger partial charge in [-0.25, -0.2) is 0 Å². The molecule has 0 unspecified atom stereocenters. The minimum Gasteiger partial charge on any atom is -0.508 e. The maximum absolute atomic E-state index is 12.0. The highest BCUT2D eigenvalue weighted by atomic mass is 79.9. The second kappa shape index (κ2) is 5.19. The number of nitrogens with two attached hydrogens (primary N) is 1. The molecule has 0 atom stereocenters. The maximum atomic E-state index is 12.0. The summed E-state index contributed by atoms with van der Waals surface area (Å²) in [6.45, 7) is 0. The van der Waals surface area contributed by atoms with Crippen LogP contribution in [0.5, 0.6) is 11.5 Å². The van der Waals surface area contributed by atoms with E-state index in [0.717, 1.165) is 10.5 Å². The van der Waals surface area contributed by atoms with E-state index in [-0.39, 0.29) is 17.1 Å². The molecule has 0 saturated heterocycles. The van der Waals surface area contributed by atoms with E-state index in [2.05, 4.69) is 21.2 Å². The first-order chi connectivity index (χ1) is 8.97. The van der Waals surface area contributed by atoms with E-state index in [0.29, 0.717) is 11.4 Å². The van der Waals surface area contributed by atoms with Crippen LogP contribution in [0.1, 0.15) is 10.4 Å². The van der Waals surface area contributed by atoms with Crippen molar-refractivity contribution in [3.8, 4) is 11.5 Å². The Morgan fingerprint density at radius 3 is 2.53 bits per heavy atom. The normalized spacial score (nSPS) is 10.2. The van der Waals surface area contributed by atoms with Gasteiger partial charge >= 0.3 is 0 Å². The van der Waals surface area contributed by atoms with Gasteiger partial charge in [-0.05, 0) is 30.3 Å². The molecule has 2 aromatic rings. The van der Waals surface area contributed by atoms with Gasteiger partial charge in [-0.2, -0.15) is 0 Å². The molecule has 0 aliphatic rings. The highest BCUT2D eigenvalue weighted by Crippen LogP contribution is 2.26. The van der Waals surface area contributed by atoms with Gasteiger partial charge in [-0.3, -0.25) is 4.79 Å². The molecular weight excluding hydrogens is 312 g/mol. The Morgan fingerprint density at radius 2 is 1.89 bits per heavy atom. The summed E-state index contributed by atoms with van der Waals surface area (Å²) in [5.41, 5.74) is 6.67. The number of phenolic OH excluding ortho intramolecular Hbond substituents is 2. The lowest BCUT2D eigenvalue weighted by Crippen LogP contribution is -2.13. The van der Waals surface area contributed by atoms with Gasteiger partial charge in [0.25, 0.3) is 5.91 Å². The fourth-order valence-electron chi connectivity index (χ4n) is 1.55. The summed E-state index contributed by atoms with van der Waals surface area (Å²) in [5, 5.41) is 21.3. The molecule has 6 heteroatoms. The molecule has 1 amide bonds. The van der Waals surface area contributed by atoms with Gasteiger partial charge in [0.2, 0.25) is 0 Å². The zero-order valence-electron chi connectivity index (χ0n) is 9.72. The van der Waals surface area contributed by atoms with E-state index in [9.17, 15) is 9.90 Å². The van der Waals surface area contributed by atoms with Gasteiger partial charge in [0.15, 0.2) is 0 Å². The zero-order chi connectivity index (χ0) is 14.0. The molecular formula is C13H11BrN2O3. The lowest BCUT2D eigenvalue weighted by Gasteiger charge is -2.09. The number of nitrogen functional groups attached to an aromatic ring is 1. The van der Waals surface area contributed by atoms with Gasteiger partial charge in [0.05, 0.1) is 16.9 Å². The quantitative estimate of drug-likeness (QED) is 0.639. The van der Waals surface area contributed by atoms with Crippen LogP contribution < -0.4 is 11.1 Å². The van der Waals surface area contributed by atoms with Crippen molar-refractivity contribution in [1.29, 1.82) is 0 Å². The van der Waals surface area contributed by atoms with Crippen LogP contribution in [0.25, 0.3) is 0 Å². The fourth-order valence-corrected chi connectivity index (χ4v) is 1.93. The third-order valence-corrected chi connectivity index (χ3v) is 2.98. The van der Waals surface area contributed by atoms with Crippen molar-refractivity contribution in [2.24, 2.45) is 0 Å². The molecule has 0 aliphatic carbocycles. The highest BCUT2D eigenvalue weighted by molar-refractivity contribution is 9.10. The Balaban J connectivity index is 2.25. The Morgan fingerprint density at radius 1 is 1.16 bits per heavy atom. The van der Waals surface area contributed by atoms with E-state index in [1.54, 1.807) is 18.2 Å². The van der Waals surface area contributed by atoms with E-state index in [1.807, 2.05) is 0 Å². The number of hydrogen-bond donors (Lipinski definition) is 4. The summed E-state index contributed by atoms with van der Waals surface area (Å²) in [6.07, 6.45) is 0. The Bertz CT molecular complexity index is 644. The first kappa shape index (κ1) is 13.2. The number of rotatable bonds is 2. The number of nitrogens with one attached hydrogen (secondary N) is 1. The first-order valence-corrected chi connectivity index (χ1v) is 6.15. The van der Waals surface area contributed by atoms with E-state index >= 15 is 0 Å². The Kier molecular flexibility index (Phi) is 3.62. The predicted octanol–water partition coefficient (Wildman–Crippen LogP) is 2.69. The minimum atomic E-state index is -0.508. The SMILES string of the molecule is Nc1cc(Br)ccc1NC(=O)c1ccc(O)cc1O. The van der Waals surface area contributed by atoms with Gasteiger partial charge in [0.1, 0.15) is 11.5 Å². The van der Waals surface area contributed by atoms with Crippen LogP contribution in [0.15, 0.2) is 40.9 Å². The van der Waals surface area contributed by atoms with Crippen LogP contribution in [0.2, 0.25) is 0 Å². The second-order valence-corrected chi connectivity index (χ2v) is 4.80. The number of halogens is 1. The van der Waals surface area contributed by atoms with Crippen molar-refractivity contribution < 1.29 is 15.0 Å².